The largest absolute Gasteiger partial charge is 0.482 e. The van der Waals surface area contributed by atoms with Crippen molar-refractivity contribution in [1.29, 1.82) is 0 Å². The van der Waals surface area contributed by atoms with Crippen molar-refractivity contribution in [2.75, 3.05) is 25.3 Å². The van der Waals surface area contributed by atoms with Gasteiger partial charge in [-0.25, -0.2) is 9.59 Å². The number of allylic oxidation sites excluding steroid dienone is 1. The average Bonchev–Trinajstić information content (AvgIpc) is 3.45. The van der Waals surface area contributed by atoms with Gasteiger partial charge in [0.05, 0.1) is 25.5 Å². The number of hydrogen-bond donors (Lipinski definition) is 1. The fourth-order valence-electron chi connectivity index (χ4n) is 3.63. The molecule has 38 heavy (non-hydrogen) atoms. The van der Waals surface area contributed by atoms with Gasteiger partial charge in [-0.15, -0.1) is 28.1 Å². The van der Waals surface area contributed by atoms with Crippen molar-refractivity contribution in [2.24, 2.45) is 0 Å². The van der Waals surface area contributed by atoms with Crippen LogP contribution in [0.15, 0.2) is 36.0 Å². The Labute approximate surface area is 229 Å². The lowest BCUT2D eigenvalue weighted by Crippen LogP contribution is -2.17. The van der Waals surface area contributed by atoms with E-state index >= 15 is 0 Å². The van der Waals surface area contributed by atoms with Crippen LogP contribution in [0.1, 0.15) is 55.6 Å². The third kappa shape index (κ3) is 6.25. The molecule has 0 radical (unpaired) electrons. The lowest BCUT2D eigenvalue weighted by Gasteiger charge is -2.18. The van der Waals surface area contributed by atoms with Crippen LogP contribution < -0.4 is 10.1 Å². The van der Waals surface area contributed by atoms with E-state index in [2.05, 4.69) is 22.1 Å². The highest BCUT2D eigenvalue weighted by atomic mass is 32.2. The molecule has 0 aliphatic heterocycles. The van der Waals surface area contributed by atoms with E-state index in [1.165, 1.54) is 26.0 Å². The summed E-state index contributed by atoms with van der Waals surface area (Å²) in [5.41, 5.74) is 2.67. The number of aryl methyl sites for hydroxylation is 1. The molecule has 0 aliphatic carbocycles. The summed E-state index contributed by atoms with van der Waals surface area (Å²) in [6, 6.07) is 5.87. The molecule has 202 valence electrons. The zero-order valence-electron chi connectivity index (χ0n) is 22.1. The molecule has 2 heterocycles. The van der Waals surface area contributed by atoms with Crippen LogP contribution in [-0.2, 0) is 20.8 Å². The van der Waals surface area contributed by atoms with E-state index in [1.807, 2.05) is 43.5 Å². The first-order valence-electron chi connectivity index (χ1n) is 11.6. The van der Waals surface area contributed by atoms with E-state index in [1.54, 1.807) is 13.0 Å². The normalized spacial score (nSPS) is 11.5. The summed E-state index contributed by atoms with van der Waals surface area (Å²) in [6.07, 6.45) is 1.31. The lowest BCUT2D eigenvalue weighted by molar-refractivity contribution is -0.113. The van der Waals surface area contributed by atoms with Crippen LogP contribution in [0.25, 0.3) is 0 Å². The van der Waals surface area contributed by atoms with Gasteiger partial charge >= 0.3 is 11.9 Å². The summed E-state index contributed by atoms with van der Waals surface area (Å²) >= 11 is 2.13. The van der Waals surface area contributed by atoms with Crippen LogP contribution >= 0.6 is 23.1 Å². The molecule has 3 aromatic rings. The monoisotopic (exact) mass is 558 g/mol. The maximum Gasteiger partial charge on any atom is 0.348 e. The average molecular weight is 559 g/mol. The number of amides is 1. The minimum atomic E-state index is -0.662. The van der Waals surface area contributed by atoms with Crippen molar-refractivity contribution in [1.82, 2.24) is 14.8 Å². The van der Waals surface area contributed by atoms with Crippen LogP contribution in [0, 0.1) is 20.8 Å². The molecular formula is C26H30N4O6S2. The first-order chi connectivity index (χ1) is 18.1. The Bertz CT molecular complexity index is 1360. The number of carbonyl (C=O) groups is 3. The SMILES string of the molecule is C=CCn1c(SCC(=O)Nc2sc(C(=O)OC)c(C)c2C(=O)OC)nnc1C(C)Oc1cccc(C)c1C. The van der Waals surface area contributed by atoms with Gasteiger partial charge in [-0.1, -0.05) is 30.0 Å². The zero-order chi connectivity index (χ0) is 28.0. The van der Waals surface area contributed by atoms with Crippen molar-refractivity contribution < 1.29 is 28.6 Å². The standard InChI is InChI=1S/C26H30N4O6S2/c1-8-12-30-22(17(5)36-18-11-9-10-14(2)15(18)3)28-29-26(30)37-13-19(31)27-23-20(24(32)34-6)16(4)21(38-23)25(33)35-7/h8-11,17H,1,12-13H2,2-7H3,(H,27,31). The quantitative estimate of drug-likeness (QED) is 0.199. The lowest BCUT2D eigenvalue weighted by atomic mass is 10.1. The number of ether oxygens (including phenoxy) is 3. The fourth-order valence-corrected chi connectivity index (χ4v) is 5.52. The Morgan fingerprint density at radius 1 is 1.13 bits per heavy atom. The molecule has 0 fully saturated rings. The summed E-state index contributed by atoms with van der Waals surface area (Å²) in [5, 5.41) is 12.0. The summed E-state index contributed by atoms with van der Waals surface area (Å²) in [4.78, 5) is 37.5. The number of hydrogen-bond acceptors (Lipinski definition) is 10. The number of nitrogens with zero attached hydrogens (tertiary/aromatic N) is 3. The molecule has 10 nitrogen and oxygen atoms in total. The van der Waals surface area contributed by atoms with Crippen molar-refractivity contribution in [2.45, 2.75) is 45.5 Å². The number of methoxy groups -OCH3 is 2. The maximum atomic E-state index is 12.8. The van der Waals surface area contributed by atoms with Gasteiger partial charge in [-0.3, -0.25) is 9.36 Å². The van der Waals surface area contributed by atoms with Crippen LogP contribution in [-0.4, -0.2) is 52.6 Å². The van der Waals surface area contributed by atoms with Crippen molar-refractivity contribution >= 4 is 45.9 Å². The minimum absolute atomic E-state index is 0.0212. The predicted octanol–water partition coefficient (Wildman–Crippen LogP) is 4.89. The molecule has 1 atom stereocenters. The van der Waals surface area contributed by atoms with E-state index in [9.17, 15) is 14.4 Å². The second kappa shape index (κ2) is 12.7. The molecule has 1 unspecified atom stereocenters. The van der Waals surface area contributed by atoms with E-state index in [-0.39, 0.29) is 21.2 Å². The van der Waals surface area contributed by atoms with Crippen molar-refractivity contribution in [3.63, 3.8) is 0 Å². The van der Waals surface area contributed by atoms with Gasteiger partial charge in [0.15, 0.2) is 17.1 Å². The maximum absolute atomic E-state index is 12.8. The number of thiophene rings is 1. The molecule has 0 bridgehead atoms. The number of anilines is 1. The summed E-state index contributed by atoms with van der Waals surface area (Å²) in [7, 11) is 2.48. The van der Waals surface area contributed by atoms with Gasteiger partial charge in [0, 0.05) is 6.54 Å². The van der Waals surface area contributed by atoms with E-state index in [0.29, 0.717) is 23.1 Å². The molecule has 0 spiro atoms. The first-order valence-corrected chi connectivity index (χ1v) is 13.4. The molecule has 0 aliphatic rings. The number of rotatable bonds is 11. The Morgan fingerprint density at radius 3 is 2.50 bits per heavy atom. The molecule has 2 aromatic heterocycles. The van der Waals surface area contributed by atoms with Crippen LogP contribution in [0.4, 0.5) is 5.00 Å². The summed E-state index contributed by atoms with van der Waals surface area (Å²) < 4.78 is 17.6. The van der Waals surface area contributed by atoms with Gasteiger partial charge in [0.2, 0.25) is 5.91 Å². The Balaban J connectivity index is 1.76. The van der Waals surface area contributed by atoms with E-state index in [4.69, 9.17) is 14.2 Å². The zero-order valence-corrected chi connectivity index (χ0v) is 23.7. The minimum Gasteiger partial charge on any atom is -0.482 e. The van der Waals surface area contributed by atoms with Crippen molar-refractivity contribution in [3.8, 4) is 5.75 Å². The molecule has 0 saturated heterocycles. The second-order valence-electron chi connectivity index (χ2n) is 8.28. The molecule has 1 N–H and O–H groups in total. The Morgan fingerprint density at radius 2 is 1.84 bits per heavy atom. The smallest absolute Gasteiger partial charge is 0.348 e. The number of benzene rings is 1. The highest BCUT2D eigenvalue weighted by Gasteiger charge is 2.27. The van der Waals surface area contributed by atoms with Crippen LogP contribution in [0.3, 0.4) is 0 Å². The Hall–Kier alpha value is -3.64. The topological polar surface area (TPSA) is 122 Å². The Kier molecular flexibility index (Phi) is 9.70. The molecule has 1 aromatic carbocycles. The van der Waals surface area contributed by atoms with E-state index < -0.39 is 23.9 Å². The van der Waals surface area contributed by atoms with Gasteiger partial charge in [0.1, 0.15) is 15.6 Å². The fraction of sp³-hybridized carbons (Fsp3) is 0.346. The second-order valence-corrected chi connectivity index (χ2v) is 10.2. The molecule has 3 rings (SSSR count). The van der Waals surface area contributed by atoms with Crippen LogP contribution in [0.2, 0.25) is 0 Å². The molecule has 1 amide bonds. The number of thioether (sulfide) groups is 1. The predicted molar refractivity (Wildman–Crippen MR) is 146 cm³/mol. The van der Waals surface area contributed by atoms with Gasteiger partial charge < -0.3 is 19.5 Å². The third-order valence-electron chi connectivity index (χ3n) is 5.77. The molecule has 12 heteroatoms. The van der Waals surface area contributed by atoms with E-state index in [0.717, 1.165) is 28.2 Å². The third-order valence-corrected chi connectivity index (χ3v) is 7.93. The van der Waals surface area contributed by atoms with Gasteiger partial charge in [-0.05, 0) is 50.5 Å². The first kappa shape index (κ1) is 28.9. The highest BCUT2D eigenvalue weighted by molar-refractivity contribution is 7.99. The number of esters is 2. The highest BCUT2D eigenvalue weighted by Crippen LogP contribution is 2.34. The summed E-state index contributed by atoms with van der Waals surface area (Å²) in [6.45, 7) is 11.7. The molecular weight excluding hydrogens is 528 g/mol. The van der Waals surface area contributed by atoms with Gasteiger partial charge in [0.25, 0.3) is 0 Å². The van der Waals surface area contributed by atoms with Gasteiger partial charge in [-0.2, -0.15) is 0 Å². The number of aromatic nitrogens is 3. The van der Waals surface area contributed by atoms with Crippen molar-refractivity contribution in [3.05, 3.63) is 63.8 Å². The summed E-state index contributed by atoms with van der Waals surface area (Å²) in [5.74, 6) is -0.323. The number of nitrogens with one attached hydrogen (secondary N) is 1. The van der Waals surface area contributed by atoms with Crippen LogP contribution in [0.5, 0.6) is 5.75 Å². The number of carbonyl (C=O) groups excluding carboxylic acids is 3. The molecule has 0 saturated carbocycles.